The maximum absolute atomic E-state index is 11.5. The molecule has 2 aliphatic rings. The summed E-state index contributed by atoms with van der Waals surface area (Å²) in [6, 6.07) is 0. The summed E-state index contributed by atoms with van der Waals surface area (Å²) in [6.07, 6.45) is 7.03. The smallest absolute Gasteiger partial charge is 0.223 e. The van der Waals surface area contributed by atoms with Crippen LogP contribution in [0, 0.1) is 11.3 Å². The zero-order chi connectivity index (χ0) is 15.8. The number of nitrogens with one attached hydrogen (secondary N) is 3. The highest BCUT2D eigenvalue weighted by atomic mass is 127. The largest absolute Gasteiger partial charge is 0.385 e. The molecular weight excluding hydrogens is 407 g/mol. The Balaban J connectivity index is 0.00000264. The summed E-state index contributed by atoms with van der Waals surface area (Å²) in [5.74, 6) is 1.28. The number of hydrogen-bond donors (Lipinski definition) is 3. The first-order valence-electron chi connectivity index (χ1n) is 8.40. The molecule has 1 amide bonds. The van der Waals surface area contributed by atoms with Crippen LogP contribution in [0.5, 0.6) is 0 Å². The highest BCUT2D eigenvalue weighted by molar-refractivity contribution is 14.0. The first kappa shape index (κ1) is 20.5. The molecule has 134 valence electrons. The molecule has 0 unspecified atom stereocenters. The number of methoxy groups -OCH3 is 1. The molecule has 7 heteroatoms. The average Bonchev–Trinajstić information content (AvgIpc) is 3.32. The van der Waals surface area contributed by atoms with Crippen LogP contribution in [0.1, 0.15) is 38.5 Å². The number of rotatable bonds is 9. The Bertz CT molecular complexity index is 396. The minimum Gasteiger partial charge on any atom is -0.385 e. The molecule has 2 saturated carbocycles. The lowest BCUT2D eigenvalue weighted by Gasteiger charge is -2.42. The van der Waals surface area contributed by atoms with Gasteiger partial charge in [0.15, 0.2) is 5.96 Å². The van der Waals surface area contributed by atoms with Crippen molar-refractivity contribution in [3.8, 4) is 0 Å². The Morgan fingerprint density at radius 1 is 1.22 bits per heavy atom. The van der Waals surface area contributed by atoms with E-state index in [4.69, 9.17) is 4.74 Å². The van der Waals surface area contributed by atoms with Crippen molar-refractivity contribution in [3.05, 3.63) is 0 Å². The Morgan fingerprint density at radius 2 is 1.91 bits per heavy atom. The Hall–Kier alpha value is -0.570. The van der Waals surface area contributed by atoms with Gasteiger partial charge in [0.05, 0.1) is 0 Å². The number of ether oxygens (including phenoxy) is 1. The molecule has 23 heavy (non-hydrogen) atoms. The lowest BCUT2D eigenvalue weighted by molar-refractivity contribution is -0.122. The number of carbonyl (C=O) groups is 1. The maximum atomic E-state index is 11.5. The normalized spacial score (nSPS) is 19.3. The van der Waals surface area contributed by atoms with Crippen molar-refractivity contribution in [2.75, 3.05) is 40.4 Å². The molecule has 0 bridgehead atoms. The second-order valence-corrected chi connectivity index (χ2v) is 6.51. The van der Waals surface area contributed by atoms with Crippen LogP contribution in [0.4, 0.5) is 0 Å². The average molecular weight is 438 g/mol. The van der Waals surface area contributed by atoms with Gasteiger partial charge in [-0.1, -0.05) is 6.42 Å². The van der Waals surface area contributed by atoms with Gasteiger partial charge in [-0.3, -0.25) is 9.79 Å². The van der Waals surface area contributed by atoms with E-state index in [0.717, 1.165) is 38.4 Å². The minimum atomic E-state index is 0. The third-order valence-electron chi connectivity index (χ3n) is 4.77. The first-order chi connectivity index (χ1) is 10.7. The summed E-state index contributed by atoms with van der Waals surface area (Å²) < 4.78 is 5.22. The SMILES string of the molecule is CN=C(NCCNC(=O)C1CC1)NCC1(CCOC)CCC1.I. The number of hydrogen-bond acceptors (Lipinski definition) is 3. The number of amides is 1. The molecule has 0 spiro atoms. The molecule has 0 atom stereocenters. The molecule has 0 radical (unpaired) electrons. The van der Waals surface area contributed by atoms with E-state index in [1.165, 1.54) is 19.3 Å². The van der Waals surface area contributed by atoms with Gasteiger partial charge in [0.25, 0.3) is 0 Å². The van der Waals surface area contributed by atoms with Crippen LogP contribution in [0.2, 0.25) is 0 Å². The summed E-state index contributed by atoms with van der Waals surface area (Å²) in [7, 11) is 3.54. The summed E-state index contributed by atoms with van der Waals surface area (Å²) in [4.78, 5) is 15.8. The van der Waals surface area contributed by atoms with E-state index < -0.39 is 0 Å². The maximum Gasteiger partial charge on any atom is 0.223 e. The second kappa shape index (κ2) is 10.3. The number of guanidine groups is 1. The fourth-order valence-corrected chi connectivity index (χ4v) is 2.86. The predicted octanol–water partition coefficient (Wildman–Crippen LogP) is 1.50. The van der Waals surface area contributed by atoms with E-state index in [2.05, 4.69) is 20.9 Å². The van der Waals surface area contributed by atoms with Crippen LogP contribution >= 0.6 is 24.0 Å². The van der Waals surface area contributed by atoms with Crippen molar-refractivity contribution in [2.45, 2.75) is 38.5 Å². The van der Waals surface area contributed by atoms with Gasteiger partial charge in [0.1, 0.15) is 0 Å². The van der Waals surface area contributed by atoms with E-state index in [9.17, 15) is 4.79 Å². The molecule has 3 N–H and O–H groups in total. The number of halogens is 1. The third kappa shape index (κ3) is 6.82. The van der Waals surface area contributed by atoms with Gasteiger partial charge in [-0.2, -0.15) is 0 Å². The molecule has 0 aliphatic heterocycles. The molecule has 0 saturated heterocycles. The van der Waals surface area contributed by atoms with Crippen LogP contribution in [0.15, 0.2) is 4.99 Å². The van der Waals surface area contributed by atoms with Crippen molar-refractivity contribution >= 4 is 35.8 Å². The third-order valence-corrected chi connectivity index (χ3v) is 4.77. The molecular formula is C16H31IN4O2. The van der Waals surface area contributed by atoms with Crippen LogP contribution < -0.4 is 16.0 Å². The van der Waals surface area contributed by atoms with Crippen LogP contribution in [-0.4, -0.2) is 52.3 Å². The van der Waals surface area contributed by atoms with Gasteiger partial charge < -0.3 is 20.7 Å². The van der Waals surface area contributed by atoms with Gasteiger partial charge in [-0.25, -0.2) is 0 Å². The van der Waals surface area contributed by atoms with E-state index in [-0.39, 0.29) is 35.8 Å². The zero-order valence-electron chi connectivity index (χ0n) is 14.3. The second-order valence-electron chi connectivity index (χ2n) is 6.51. The molecule has 2 rings (SSSR count). The van der Waals surface area contributed by atoms with Gasteiger partial charge in [-0.15, -0.1) is 24.0 Å². The molecule has 2 aliphatic carbocycles. The van der Waals surface area contributed by atoms with Gasteiger partial charge in [0.2, 0.25) is 5.91 Å². The fraction of sp³-hybridized carbons (Fsp3) is 0.875. The van der Waals surface area contributed by atoms with Crippen molar-refractivity contribution in [1.82, 2.24) is 16.0 Å². The van der Waals surface area contributed by atoms with Crippen LogP contribution in [-0.2, 0) is 9.53 Å². The van der Waals surface area contributed by atoms with Gasteiger partial charge in [-0.05, 0) is 37.5 Å². The van der Waals surface area contributed by atoms with E-state index in [0.29, 0.717) is 18.5 Å². The zero-order valence-corrected chi connectivity index (χ0v) is 16.7. The Kier molecular flexibility index (Phi) is 9.19. The predicted molar refractivity (Wildman–Crippen MR) is 103 cm³/mol. The number of aliphatic imine (C=N–C) groups is 1. The number of carbonyl (C=O) groups excluding carboxylic acids is 1. The quantitative estimate of drug-likeness (QED) is 0.221. The summed E-state index contributed by atoms with van der Waals surface area (Å²) in [5.41, 5.74) is 0.369. The van der Waals surface area contributed by atoms with Crippen molar-refractivity contribution in [1.29, 1.82) is 0 Å². The monoisotopic (exact) mass is 438 g/mol. The minimum absolute atomic E-state index is 0. The van der Waals surface area contributed by atoms with E-state index in [1.54, 1.807) is 14.2 Å². The summed E-state index contributed by atoms with van der Waals surface area (Å²) >= 11 is 0. The molecule has 2 fully saturated rings. The highest BCUT2D eigenvalue weighted by Crippen LogP contribution is 2.43. The van der Waals surface area contributed by atoms with Crippen molar-refractivity contribution in [3.63, 3.8) is 0 Å². The van der Waals surface area contributed by atoms with Crippen LogP contribution in [0.25, 0.3) is 0 Å². The lowest BCUT2D eigenvalue weighted by atomic mass is 9.67. The van der Waals surface area contributed by atoms with E-state index in [1.807, 2.05) is 0 Å². The summed E-state index contributed by atoms with van der Waals surface area (Å²) in [5, 5.41) is 9.61. The highest BCUT2D eigenvalue weighted by Gasteiger charge is 2.36. The van der Waals surface area contributed by atoms with Crippen LogP contribution in [0.3, 0.4) is 0 Å². The topological polar surface area (TPSA) is 74.8 Å². The molecule has 0 aromatic carbocycles. The molecule has 6 nitrogen and oxygen atoms in total. The Morgan fingerprint density at radius 3 is 2.43 bits per heavy atom. The van der Waals surface area contributed by atoms with Crippen molar-refractivity contribution in [2.24, 2.45) is 16.3 Å². The van der Waals surface area contributed by atoms with Gasteiger partial charge >= 0.3 is 0 Å². The number of nitrogens with zero attached hydrogens (tertiary/aromatic N) is 1. The molecule has 0 aromatic heterocycles. The molecule has 0 heterocycles. The first-order valence-corrected chi connectivity index (χ1v) is 8.40. The standard InChI is InChI=1S/C16H30N4O2.HI/c1-17-15(19-10-9-18-14(21)13-4-5-13)20-12-16(6-3-7-16)8-11-22-2;/h13H,3-12H2,1-2H3,(H,18,21)(H2,17,19,20);1H. The van der Waals surface area contributed by atoms with Gasteiger partial charge in [0, 0.05) is 46.3 Å². The lowest BCUT2D eigenvalue weighted by Crippen LogP contribution is -2.48. The van der Waals surface area contributed by atoms with Crippen molar-refractivity contribution < 1.29 is 9.53 Å². The molecule has 0 aromatic rings. The van der Waals surface area contributed by atoms with E-state index >= 15 is 0 Å². The fourth-order valence-electron chi connectivity index (χ4n) is 2.86. The Labute approximate surface area is 156 Å². The summed E-state index contributed by atoms with van der Waals surface area (Å²) in [6.45, 7) is 3.10.